The molecule has 0 aliphatic rings. The molecule has 0 saturated carbocycles. The van der Waals surface area contributed by atoms with Gasteiger partial charge in [-0.2, -0.15) is 0 Å². The highest BCUT2D eigenvalue weighted by atomic mass is 35.5. The molecule has 0 fully saturated rings. The Morgan fingerprint density at radius 2 is 2.07 bits per heavy atom. The van der Waals surface area contributed by atoms with Crippen molar-refractivity contribution < 1.29 is 0 Å². The van der Waals surface area contributed by atoms with E-state index in [4.69, 9.17) is 23.2 Å². The summed E-state index contributed by atoms with van der Waals surface area (Å²) in [4.78, 5) is 4.08. The Kier molecular flexibility index (Phi) is 4.23. The van der Waals surface area contributed by atoms with Crippen molar-refractivity contribution in [2.75, 3.05) is 14.1 Å². The SMILES string of the molecule is CN=C(Cc1ccc(Cl)c(Cl)c1)NC. The van der Waals surface area contributed by atoms with Gasteiger partial charge in [-0.15, -0.1) is 0 Å². The lowest BCUT2D eigenvalue weighted by molar-refractivity contribution is 1.08. The van der Waals surface area contributed by atoms with Gasteiger partial charge in [0.15, 0.2) is 0 Å². The van der Waals surface area contributed by atoms with Crippen LogP contribution in [0.2, 0.25) is 10.0 Å². The van der Waals surface area contributed by atoms with Crippen LogP contribution in [0, 0.1) is 0 Å². The minimum atomic E-state index is 0.579. The topological polar surface area (TPSA) is 24.4 Å². The van der Waals surface area contributed by atoms with Crippen LogP contribution in [0.1, 0.15) is 5.56 Å². The first-order valence-electron chi connectivity index (χ1n) is 4.24. The number of rotatable bonds is 2. The van der Waals surface area contributed by atoms with E-state index >= 15 is 0 Å². The normalized spacial score (nSPS) is 11.6. The Morgan fingerprint density at radius 1 is 1.36 bits per heavy atom. The summed E-state index contributed by atoms with van der Waals surface area (Å²) >= 11 is 11.7. The van der Waals surface area contributed by atoms with Gasteiger partial charge in [0.2, 0.25) is 0 Å². The fraction of sp³-hybridized carbons (Fsp3) is 0.300. The molecule has 0 aliphatic heterocycles. The van der Waals surface area contributed by atoms with E-state index in [1.807, 2.05) is 19.2 Å². The van der Waals surface area contributed by atoms with Crippen molar-refractivity contribution in [3.8, 4) is 0 Å². The van der Waals surface area contributed by atoms with E-state index < -0.39 is 0 Å². The standard InChI is InChI=1S/C10H12Cl2N2/c1-13-10(14-2)6-7-3-4-8(11)9(12)5-7/h3-5H,6H2,1-2H3,(H,13,14). The van der Waals surface area contributed by atoms with Crippen molar-refractivity contribution in [1.82, 2.24) is 5.32 Å². The van der Waals surface area contributed by atoms with Crippen LogP contribution in [0.25, 0.3) is 0 Å². The number of nitrogens with one attached hydrogen (secondary N) is 1. The van der Waals surface area contributed by atoms with Gasteiger partial charge in [0.05, 0.1) is 10.0 Å². The van der Waals surface area contributed by atoms with Gasteiger partial charge in [0, 0.05) is 20.5 Å². The van der Waals surface area contributed by atoms with Gasteiger partial charge in [-0.3, -0.25) is 4.99 Å². The Morgan fingerprint density at radius 3 is 2.57 bits per heavy atom. The zero-order valence-corrected chi connectivity index (χ0v) is 9.65. The first-order chi connectivity index (χ1) is 6.67. The second-order valence-electron chi connectivity index (χ2n) is 2.85. The molecule has 1 aromatic rings. The number of hydrogen-bond donors (Lipinski definition) is 1. The molecule has 76 valence electrons. The summed E-state index contributed by atoms with van der Waals surface area (Å²) < 4.78 is 0. The molecule has 0 bridgehead atoms. The van der Waals surface area contributed by atoms with Crippen LogP contribution in [0.5, 0.6) is 0 Å². The average molecular weight is 231 g/mol. The molecule has 0 saturated heterocycles. The molecule has 0 spiro atoms. The first-order valence-corrected chi connectivity index (χ1v) is 5.00. The van der Waals surface area contributed by atoms with Crippen molar-refractivity contribution in [3.63, 3.8) is 0 Å². The summed E-state index contributed by atoms with van der Waals surface area (Å²) in [6.45, 7) is 0. The summed E-state index contributed by atoms with van der Waals surface area (Å²) in [6, 6.07) is 5.59. The van der Waals surface area contributed by atoms with Crippen LogP contribution in [0.4, 0.5) is 0 Å². The van der Waals surface area contributed by atoms with E-state index in [2.05, 4.69) is 10.3 Å². The van der Waals surface area contributed by atoms with E-state index in [9.17, 15) is 0 Å². The van der Waals surface area contributed by atoms with E-state index in [0.717, 1.165) is 17.8 Å². The van der Waals surface area contributed by atoms with Crippen LogP contribution in [-0.2, 0) is 6.42 Å². The monoisotopic (exact) mass is 230 g/mol. The minimum absolute atomic E-state index is 0.579. The summed E-state index contributed by atoms with van der Waals surface area (Å²) in [7, 11) is 3.60. The van der Waals surface area contributed by atoms with E-state index in [-0.39, 0.29) is 0 Å². The maximum Gasteiger partial charge on any atom is 0.100 e. The van der Waals surface area contributed by atoms with Gasteiger partial charge in [-0.25, -0.2) is 0 Å². The van der Waals surface area contributed by atoms with Gasteiger partial charge in [0.1, 0.15) is 5.84 Å². The van der Waals surface area contributed by atoms with Crippen LogP contribution in [-0.4, -0.2) is 19.9 Å². The molecular weight excluding hydrogens is 219 g/mol. The molecule has 1 aromatic carbocycles. The Bertz CT molecular complexity index is 348. The van der Waals surface area contributed by atoms with Crippen molar-refractivity contribution in [3.05, 3.63) is 33.8 Å². The van der Waals surface area contributed by atoms with Gasteiger partial charge in [0.25, 0.3) is 0 Å². The van der Waals surface area contributed by atoms with Crippen LogP contribution >= 0.6 is 23.2 Å². The largest absolute Gasteiger partial charge is 0.377 e. The van der Waals surface area contributed by atoms with E-state index in [0.29, 0.717) is 10.0 Å². The van der Waals surface area contributed by atoms with Gasteiger partial charge >= 0.3 is 0 Å². The Hall–Kier alpha value is -0.730. The second-order valence-corrected chi connectivity index (χ2v) is 3.66. The Balaban J connectivity index is 2.82. The first kappa shape index (κ1) is 11.3. The number of benzene rings is 1. The summed E-state index contributed by atoms with van der Waals surface area (Å²) in [5, 5.41) is 4.17. The number of nitrogens with zero attached hydrogens (tertiary/aromatic N) is 1. The molecule has 14 heavy (non-hydrogen) atoms. The zero-order valence-electron chi connectivity index (χ0n) is 8.14. The van der Waals surface area contributed by atoms with Crippen molar-refractivity contribution in [2.24, 2.45) is 4.99 Å². The van der Waals surface area contributed by atoms with Crippen molar-refractivity contribution >= 4 is 29.0 Å². The summed E-state index contributed by atoms with van der Waals surface area (Å²) in [5.41, 5.74) is 1.09. The predicted molar refractivity (Wildman–Crippen MR) is 62.6 cm³/mol. The molecule has 0 aromatic heterocycles. The van der Waals surface area contributed by atoms with Gasteiger partial charge < -0.3 is 5.32 Å². The molecular formula is C10H12Cl2N2. The van der Waals surface area contributed by atoms with Crippen molar-refractivity contribution in [1.29, 1.82) is 0 Å². The highest BCUT2D eigenvalue weighted by Gasteiger charge is 2.01. The quantitative estimate of drug-likeness (QED) is 0.614. The van der Waals surface area contributed by atoms with E-state index in [1.54, 1.807) is 13.1 Å². The molecule has 0 atom stereocenters. The molecule has 0 amide bonds. The molecule has 2 nitrogen and oxygen atoms in total. The zero-order chi connectivity index (χ0) is 10.6. The lowest BCUT2D eigenvalue weighted by Gasteiger charge is -2.05. The van der Waals surface area contributed by atoms with Crippen LogP contribution in [0.15, 0.2) is 23.2 Å². The molecule has 0 unspecified atom stereocenters. The highest BCUT2D eigenvalue weighted by molar-refractivity contribution is 6.42. The lowest BCUT2D eigenvalue weighted by atomic mass is 10.1. The van der Waals surface area contributed by atoms with Gasteiger partial charge in [-0.05, 0) is 17.7 Å². The number of amidine groups is 1. The van der Waals surface area contributed by atoms with Gasteiger partial charge in [-0.1, -0.05) is 29.3 Å². The van der Waals surface area contributed by atoms with Crippen LogP contribution < -0.4 is 5.32 Å². The average Bonchev–Trinajstić information content (AvgIpc) is 2.19. The third kappa shape index (κ3) is 2.89. The third-order valence-corrected chi connectivity index (χ3v) is 2.65. The molecule has 0 heterocycles. The lowest BCUT2D eigenvalue weighted by Crippen LogP contribution is -2.20. The number of aliphatic imine (C=N–C) groups is 1. The fourth-order valence-corrected chi connectivity index (χ4v) is 1.44. The molecule has 1 N–H and O–H groups in total. The smallest absolute Gasteiger partial charge is 0.100 e. The number of likely N-dealkylation sites (N-methyl/N-ethyl adjacent to an activating group) is 1. The number of halogens is 2. The summed E-state index contributed by atoms with van der Waals surface area (Å²) in [5.74, 6) is 0.920. The number of hydrogen-bond acceptors (Lipinski definition) is 1. The van der Waals surface area contributed by atoms with Crippen LogP contribution in [0.3, 0.4) is 0 Å². The molecule has 0 radical (unpaired) electrons. The fourth-order valence-electron chi connectivity index (χ4n) is 1.12. The minimum Gasteiger partial charge on any atom is -0.377 e. The molecule has 1 rings (SSSR count). The highest BCUT2D eigenvalue weighted by Crippen LogP contribution is 2.22. The van der Waals surface area contributed by atoms with Crippen molar-refractivity contribution in [2.45, 2.75) is 6.42 Å². The molecule has 4 heteroatoms. The Labute approximate surface area is 93.9 Å². The summed E-state index contributed by atoms with van der Waals surface area (Å²) in [6.07, 6.45) is 0.740. The van der Waals surface area contributed by atoms with E-state index in [1.165, 1.54) is 0 Å². The second kappa shape index (κ2) is 5.23. The predicted octanol–water partition coefficient (Wildman–Crippen LogP) is 2.78. The molecule has 0 aliphatic carbocycles. The third-order valence-electron chi connectivity index (χ3n) is 1.91. The maximum atomic E-state index is 5.89. The maximum absolute atomic E-state index is 5.89.